The van der Waals surface area contributed by atoms with Crippen molar-refractivity contribution in [1.82, 2.24) is 39.0 Å². The number of halogens is 2. The average molecular weight is 1220 g/mol. The third-order valence-corrected chi connectivity index (χ3v) is 16.9. The van der Waals surface area contributed by atoms with Crippen LogP contribution in [0.3, 0.4) is 0 Å². The van der Waals surface area contributed by atoms with Gasteiger partial charge in [-0.3, -0.25) is 4.57 Å². The monoisotopic (exact) mass is 1220 g/mol. The molecular weight excluding hydrogens is 1170 g/mol. The van der Waals surface area contributed by atoms with Crippen molar-refractivity contribution in [2.45, 2.75) is 6.42 Å². The second kappa shape index (κ2) is 22.1. The number of hydrogen-bond acceptors (Lipinski definition) is 6. The fourth-order valence-corrected chi connectivity index (χ4v) is 12.7. The lowest BCUT2D eigenvalue weighted by molar-refractivity contribution is 1.06. The highest BCUT2D eigenvalue weighted by atomic mass is 79.9. The molecule has 6 aromatic heterocycles. The molecule has 85 heavy (non-hydrogen) atoms. The number of hydrogen-bond donors (Lipinski definition) is 0. The Bertz CT molecular complexity index is 4750. The molecule has 0 radical (unpaired) electrons. The number of pyridine rings is 2. The molecule has 0 amide bonds. The fourth-order valence-electron chi connectivity index (χ4n) is 11.9. The van der Waals surface area contributed by atoms with E-state index in [1.807, 2.05) is 79.0 Å². The molecule has 6 heterocycles. The van der Waals surface area contributed by atoms with Crippen molar-refractivity contribution in [2.24, 2.45) is 0 Å². The minimum atomic E-state index is 0.685. The van der Waals surface area contributed by atoms with Crippen LogP contribution in [0.5, 0.6) is 0 Å². The van der Waals surface area contributed by atoms with E-state index in [1.54, 1.807) is 6.20 Å². The van der Waals surface area contributed by atoms with Crippen molar-refractivity contribution in [3.63, 3.8) is 0 Å². The summed E-state index contributed by atoms with van der Waals surface area (Å²) >= 11 is 7.02. The van der Waals surface area contributed by atoms with Crippen molar-refractivity contribution in [2.75, 3.05) is 0 Å². The van der Waals surface area contributed by atoms with E-state index in [9.17, 15) is 0 Å². The maximum atomic E-state index is 5.59. The first kappa shape index (κ1) is 51.6. The molecule has 17 rings (SSSR count). The Morgan fingerprint density at radius 2 is 0.635 bits per heavy atom. The molecule has 0 atom stereocenters. The largest absolute Gasteiger partial charge is 0.306 e. The van der Waals surface area contributed by atoms with Gasteiger partial charge in [-0.25, -0.2) is 29.9 Å². The first-order valence-electron chi connectivity index (χ1n) is 28.1. The molecule has 0 bridgehead atoms. The molecule has 0 saturated heterocycles. The van der Waals surface area contributed by atoms with Gasteiger partial charge in [-0.15, -0.1) is 0 Å². The van der Waals surface area contributed by atoms with Gasteiger partial charge in [-0.05, 0) is 84.8 Å². The van der Waals surface area contributed by atoms with Crippen LogP contribution in [0.15, 0.2) is 288 Å². The highest BCUT2D eigenvalue weighted by Crippen LogP contribution is 2.41. The van der Waals surface area contributed by atoms with E-state index in [2.05, 4.69) is 240 Å². The Morgan fingerprint density at radius 1 is 0.294 bits per heavy atom. The summed E-state index contributed by atoms with van der Waals surface area (Å²) in [6.07, 6.45) is 4.82. The van der Waals surface area contributed by atoms with Crippen LogP contribution in [0, 0.1) is 0 Å². The van der Waals surface area contributed by atoms with Gasteiger partial charge in [-0.2, -0.15) is 0 Å². The molecule has 0 aliphatic heterocycles. The van der Waals surface area contributed by atoms with E-state index >= 15 is 0 Å². The SMILES string of the molecule is Brc1cnc(Br)c2nc(-c3ccccc3)c(-c3ccccc3)nc12.c1ccc(-c2nc3c(-n4c5ccccc5c5ccccc54)cnc(-n4c5ccccc5c5ccccc54)c3nc2-c2ccccc2)cc1.c1ccc2c(c1)Cc1ccccc1-2. The molecule has 10 aromatic carbocycles. The summed E-state index contributed by atoms with van der Waals surface area (Å²) in [6, 6.07) is 92.3. The topological polar surface area (TPSA) is 87.2 Å². The molecule has 1 aliphatic carbocycles. The van der Waals surface area contributed by atoms with Crippen LogP contribution in [0.25, 0.3) is 133 Å². The van der Waals surface area contributed by atoms with Gasteiger partial charge in [0.2, 0.25) is 0 Å². The highest BCUT2D eigenvalue weighted by Gasteiger charge is 2.25. The van der Waals surface area contributed by atoms with Gasteiger partial charge < -0.3 is 4.57 Å². The van der Waals surface area contributed by atoms with Gasteiger partial charge in [0.05, 0.1) is 61.2 Å². The van der Waals surface area contributed by atoms with Gasteiger partial charge >= 0.3 is 0 Å². The van der Waals surface area contributed by atoms with Crippen molar-refractivity contribution in [3.8, 4) is 67.7 Å². The molecule has 0 spiro atoms. The minimum absolute atomic E-state index is 0.685. The van der Waals surface area contributed by atoms with Gasteiger partial charge in [0, 0.05) is 50.0 Å². The molecule has 8 nitrogen and oxygen atoms in total. The molecule has 0 unspecified atom stereocenters. The van der Waals surface area contributed by atoms with Gasteiger partial charge in [0.25, 0.3) is 0 Å². The lowest BCUT2D eigenvalue weighted by atomic mass is 10.0. The molecule has 10 heteroatoms. The molecule has 16 aromatic rings. The summed E-state index contributed by atoms with van der Waals surface area (Å²) in [5, 5.41) is 4.72. The maximum absolute atomic E-state index is 5.59. The van der Waals surface area contributed by atoms with E-state index in [4.69, 9.17) is 24.9 Å². The summed E-state index contributed by atoms with van der Waals surface area (Å²) in [6.45, 7) is 0. The fraction of sp³-hybridized carbons (Fsp3) is 0.0133. The summed E-state index contributed by atoms with van der Waals surface area (Å²) in [5.41, 5.74) is 21.4. The van der Waals surface area contributed by atoms with E-state index in [0.717, 1.165) is 112 Å². The van der Waals surface area contributed by atoms with Gasteiger partial charge in [0.1, 0.15) is 26.7 Å². The average Bonchev–Trinajstić information content (AvgIpc) is 1.97. The number of aromatic nitrogens is 8. The maximum Gasteiger partial charge on any atom is 0.166 e. The van der Waals surface area contributed by atoms with E-state index in [0.29, 0.717) is 4.60 Å². The van der Waals surface area contributed by atoms with Crippen LogP contribution in [0.4, 0.5) is 0 Å². The smallest absolute Gasteiger partial charge is 0.166 e. The van der Waals surface area contributed by atoms with Crippen molar-refractivity contribution < 1.29 is 0 Å². The first-order valence-corrected chi connectivity index (χ1v) is 29.7. The van der Waals surface area contributed by atoms with Crippen LogP contribution >= 0.6 is 31.9 Å². The first-order chi connectivity index (χ1) is 42.0. The predicted octanol–water partition coefficient (Wildman–Crippen LogP) is 19.7. The molecular formula is C75H48Br2N8. The van der Waals surface area contributed by atoms with Crippen molar-refractivity contribution >= 4 is 97.5 Å². The van der Waals surface area contributed by atoms with Crippen molar-refractivity contribution in [3.05, 3.63) is 300 Å². The van der Waals surface area contributed by atoms with Crippen LogP contribution in [0.1, 0.15) is 11.1 Å². The number of benzene rings is 10. The second-order valence-corrected chi connectivity index (χ2v) is 22.4. The number of rotatable bonds is 6. The molecule has 0 fully saturated rings. The molecule has 1 aliphatic rings. The Morgan fingerprint density at radius 3 is 1.07 bits per heavy atom. The Hall–Kier alpha value is -10.3. The zero-order valence-electron chi connectivity index (χ0n) is 45.6. The summed E-state index contributed by atoms with van der Waals surface area (Å²) in [5.74, 6) is 0.746. The summed E-state index contributed by atoms with van der Waals surface area (Å²) < 4.78 is 6.05. The predicted molar refractivity (Wildman–Crippen MR) is 355 cm³/mol. The minimum Gasteiger partial charge on any atom is -0.306 e. The van der Waals surface area contributed by atoms with Crippen LogP contribution < -0.4 is 0 Å². The highest BCUT2D eigenvalue weighted by molar-refractivity contribution is 9.11. The third-order valence-electron chi connectivity index (χ3n) is 15.8. The Balaban J connectivity index is 0.000000136. The quantitative estimate of drug-likeness (QED) is 0.154. The van der Waals surface area contributed by atoms with E-state index < -0.39 is 0 Å². The lowest BCUT2D eigenvalue weighted by Gasteiger charge is -2.17. The standard InChI is InChI=1S/C43H27N5.C19H11Br2N3.C13H10/c1-3-15-28(16-4-1)39-40(29-17-5-2-6-18-29)46-42-41(45-39)38(47-34-23-11-7-19-30(34)31-20-8-12-24-35(31)47)27-44-43(42)48-36-25-13-9-21-32(36)33-22-10-14-26-37(33)48;20-14-11-22-19(21)18-17(14)23-15(12-7-3-1-4-8-12)16(24-18)13-9-5-2-6-10-13;1-3-7-12-10(5-1)9-11-6-2-4-8-13(11)12/h1-27H;1-11H;1-8H,9H2. The number of fused-ring (bicyclic) bond motifs is 11. The zero-order chi connectivity index (χ0) is 56.8. The molecule has 0 N–H and O–H groups in total. The number of para-hydroxylation sites is 4. The lowest BCUT2D eigenvalue weighted by Crippen LogP contribution is -2.07. The Kier molecular flexibility index (Phi) is 13.4. The summed E-state index contributed by atoms with van der Waals surface area (Å²) in [7, 11) is 0. The van der Waals surface area contributed by atoms with E-state index in [1.165, 1.54) is 43.8 Å². The zero-order valence-corrected chi connectivity index (χ0v) is 48.8. The Labute approximate surface area is 506 Å². The van der Waals surface area contributed by atoms with Crippen LogP contribution in [-0.2, 0) is 6.42 Å². The second-order valence-electron chi connectivity index (χ2n) is 20.8. The van der Waals surface area contributed by atoms with Gasteiger partial charge in [-0.1, -0.05) is 243 Å². The summed E-state index contributed by atoms with van der Waals surface area (Å²) in [4.78, 5) is 30.5. The van der Waals surface area contributed by atoms with Crippen LogP contribution in [-0.4, -0.2) is 39.0 Å². The normalized spacial score (nSPS) is 11.6. The van der Waals surface area contributed by atoms with Gasteiger partial charge in [0.15, 0.2) is 5.82 Å². The van der Waals surface area contributed by atoms with Crippen molar-refractivity contribution in [1.29, 1.82) is 0 Å². The van der Waals surface area contributed by atoms with Crippen LogP contribution in [0.2, 0.25) is 0 Å². The molecule has 0 saturated carbocycles. The van der Waals surface area contributed by atoms with E-state index in [-0.39, 0.29) is 0 Å². The number of nitrogens with zero attached hydrogens (tertiary/aromatic N) is 8. The molecule has 402 valence electrons. The third kappa shape index (κ3) is 9.32.